The molecule has 0 saturated heterocycles. The van der Waals surface area contributed by atoms with Gasteiger partial charge < -0.3 is 10.1 Å². The fraction of sp³-hybridized carbons (Fsp3) is 0.526. The van der Waals surface area contributed by atoms with Gasteiger partial charge in [0.2, 0.25) is 5.91 Å². The van der Waals surface area contributed by atoms with E-state index in [-0.39, 0.29) is 37.4 Å². The maximum Gasteiger partial charge on any atom is 0.261 e. The summed E-state index contributed by atoms with van der Waals surface area (Å²) >= 11 is 17.4. The molecule has 0 radical (unpaired) electrons. The number of imide groups is 1. The molecule has 0 aliphatic carbocycles. The second kappa shape index (κ2) is 10.8. The zero-order chi connectivity index (χ0) is 21.5. The molecule has 1 heterocycles. The zero-order valence-corrected chi connectivity index (χ0v) is 18.2. The van der Waals surface area contributed by atoms with Crippen molar-refractivity contribution in [1.29, 1.82) is 0 Å². The van der Waals surface area contributed by atoms with Crippen molar-refractivity contribution in [3.05, 3.63) is 23.6 Å². The number of rotatable bonds is 8. The normalized spacial score (nSPS) is 16.8. The second-order valence-corrected chi connectivity index (χ2v) is 9.01. The highest BCUT2D eigenvalue weighted by atomic mass is 35.6. The molecule has 0 spiro atoms. The van der Waals surface area contributed by atoms with E-state index in [4.69, 9.17) is 46.0 Å². The van der Waals surface area contributed by atoms with E-state index in [0.717, 1.165) is 4.90 Å². The van der Waals surface area contributed by atoms with Crippen LogP contribution in [0.15, 0.2) is 23.6 Å². The largest absolute Gasteiger partial charge is 0.494 e. The van der Waals surface area contributed by atoms with Crippen molar-refractivity contribution in [1.82, 2.24) is 10.2 Å². The van der Waals surface area contributed by atoms with Gasteiger partial charge in [-0.1, -0.05) is 54.7 Å². The van der Waals surface area contributed by atoms with Gasteiger partial charge in [0.25, 0.3) is 11.8 Å². The molecule has 6 nitrogen and oxygen atoms in total. The molecule has 0 fully saturated rings. The predicted molar refractivity (Wildman–Crippen MR) is 109 cm³/mol. The number of nitrogens with zero attached hydrogens (tertiary/aromatic N) is 1. The Morgan fingerprint density at radius 3 is 2.54 bits per heavy atom. The van der Waals surface area contributed by atoms with Crippen LogP contribution < -0.4 is 5.32 Å². The summed E-state index contributed by atoms with van der Waals surface area (Å²) < 4.78 is 3.60. The molecule has 3 amide bonds. The fourth-order valence-corrected chi connectivity index (χ4v) is 2.84. The molecule has 0 aromatic carbocycles. The molecule has 0 aromatic heterocycles. The average Bonchev–Trinajstić information content (AvgIpc) is 2.89. The van der Waals surface area contributed by atoms with Crippen molar-refractivity contribution >= 4 is 52.5 Å². The van der Waals surface area contributed by atoms with Gasteiger partial charge in [0, 0.05) is 18.9 Å². The Hall–Kier alpha value is -1.68. The van der Waals surface area contributed by atoms with E-state index in [1.165, 1.54) is 13.2 Å². The summed E-state index contributed by atoms with van der Waals surface area (Å²) in [7, 11) is 1.41. The van der Waals surface area contributed by atoms with Gasteiger partial charge in [-0.2, -0.15) is 0 Å². The number of methoxy groups -OCH3 is 1. The SMILES string of the molecule is C#CCCC(=O)N[C@H](CCC(Cl)(Cl)Cl)C(=O)N1C(=O)C=C(OC)/C1=C\C(C)C. The Bertz CT molecular complexity index is 718. The predicted octanol–water partition coefficient (Wildman–Crippen LogP) is 3.47. The number of terminal acetylenes is 1. The number of halogens is 3. The number of nitrogens with one attached hydrogen (secondary N) is 1. The number of hydrogen-bond acceptors (Lipinski definition) is 4. The first-order chi connectivity index (χ1) is 13.0. The molecule has 28 heavy (non-hydrogen) atoms. The molecule has 0 unspecified atom stereocenters. The first kappa shape index (κ1) is 24.4. The summed E-state index contributed by atoms with van der Waals surface area (Å²) in [6.07, 6.45) is 8.39. The van der Waals surface area contributed by atoms with E-state index in [1.54, 1.807) is 6.08 Å². The summed E-state index contributed by atoms with van der Waals surface area (Å²) in [6.45, 7) is 3.79. The lowest BCUT2D eigenvalue weighted by Gasteiger charge is -2.26. The number of amides is 3. The summed E-state index contributed by atoms with van der Waals surface area (Å²) in [6, 6.07) is -1.06. The molecule has 0 bridgehead atoms. The topological polar surface area (TPSA) is 75.7 Å². The van der Waals surface area contributed by atoms with Crippen molar-refractivity contribution in [3.63, 3.8) is 0 Å². The monoisotopic (exact) mass is 448 g/mol. The highest BCUT2D eigenvalue weighted by Gasteiger charge is 2.38. The Balaban J connectivity index is 3.13. The standard InChI is InChI=1S/C19H23Cl3N2O4/c1-5-6-7-16(25)23-13(8-9-19(20,21)22)18(27)24-14(10-12(2)3)15(28-4)11-17(24)26/h1,10-13H,6-9H2,2-4H3,(H,23,25)/b14-10+/t13-/m1/s1. The number of hydrogen-bond donors (Lipinski definition) is 1. The summed E-state index contributed by atoms with van der Waals surface area (Å²) in [5, 5.41) is 2.58. The molecule has 0 aromatic rings. The van der Waals surface area contributed by atoms with Crippen LogP contribution in [0.2, 0.25) is 0 Å². The van der Waals surface area contributed by atoms with Crippen molar-refractivity contribution in [2.75, 3.05) is 7.11 Å². The molecule has 1 aliphatic rings. The quantitative estimate of drug-likeness (QED) is 0.455. The lowest BCUT2D eigenvalue weighted by atomic mass is 10.1. The Morgan fingerprint density at radius 2 is 2.04 bits per heavy atom. The van der Waals surface area contributed by atoms with E-state index in [9.17, 15) is 14.4 Å². The van der Waals surface area contributed by atoms with E-state index >= 15 is 0 Å². The molecule has 154 valence electrons. The molecule has 1 atom stereocenters. The third-order valence-electron chi connectivity index (χ3n) is 3.75. The van der Waals surface area contributed by atoms with Gasteiger partial charge in [-0.15, -0.1) is 12.3 Å². The lowest BCUT2D eigenvalue weighted by Crippen LogP contribution is -2.49. The number of alkyl halides is 3. The Labute approximate surface area is 180 Å². The van der Waals surface area contributed by atoms with Crippen molar-refractivity contribution in [2.45, 2.75) is 49.4 Å². The Morgan fingerprint density at radius 1 is 1.39 bits per heavy atom. The average molecular weight is 450 g/mol. The molecule has 1 rings (SSSR count). The van der Waals surface area contributed by atoms with Crippen LogP contribution in [0, 0.1) is 18.3 Å². The first-order valence-corrected chi connectivity index (χ1v) is 9.79. The third kappa shape index (κ3) is 7.38. The van der Waals surface area contributed by atoms with Gasteiger partial charge in [0.15, 0.2) is 3.79 Å². The van der Waals surface area contributed by atoms with Gasteiger partial charge in [-0.3, -0.25) is 14.4 Å². The summed E-state index contributed by atoms with van der Waals surface area (Å²) in [4.78, 5) is 38.6. The molecule has 1 aliphatic heterocycles. The Kier molecular flexibility index (Phi) is 9.35. The minimum atomic E-state index is -1.61. The second-order valence-electron chi connectivity index (χ2n) is 6.50. The number of allylic oxidation sites excluding steroid dienone is 1. The van der Waals surface area contributed by atoms with E-state index in [2.05, 4.69) is 11.2 Å². The molecule has 0 saturated carbocycles. The van der Waals surface area contributed by atoms with Gasteiger partial charge in [-0.05, 0) is 18.8 Å². The highest BCUT2D eigenvalue weighted by Crippen LogP contribution is 2.33. The van der Waals surface area contributed by atoms with Crippen molar-refractivity contribution in [2.24, 2.45) is 5.92 Å². The van der Waals surface area contributed by atoms with E-state index in [0.29, 0.717) is 5.70 Å². The van der Waals surface area contributed by atoms with Gasteiger partial charge >= 0.3 is 0 Å². The van der Waals surface area contributed by atoms with Crippen molar-refractivity contribution < 1.29 is 19.1 Å². The van der Waals surface area contributed by atoms with E-state index in [1.807, 2.05) is 13.8 Å². The van der Waals surface area contributed by atoms with E-state index < -0.39 is 27.6 Å². The number of carbonyl (C=O) groups excluding carboxylic acids is 3. The number of carbonyl (C=O) groups is 3. The lowest BCUT2D eigenvalue weighted by molar-refractivity contribution is -0.142. The van der Waals surface area contributed by atoms with Crippen LogP contribution in [0.3, 0.4) is 0 Å². The highest BCUT2D eigenvalue weighted by molar-refractivity contribution is 6.67. The third-order valence-corrected chi connectivity index (χ3v) is 4.31. The molecular weight excluding hydrogens is 427 g/mol. The van der Waals surface area contributed by atoms with Crippen LogP contribution in [0.5, 0.6) is 0 Å². The molecule has 9 heteroatoms. The van der Waals surface area contributed by atoms with Crippen molar-refractivity contribution in [3.8, 4) is 12.3 Å². The van der Waals surface area contributed by atoms with Gasteiger partial charge in [0.05, 0.1) is 12.8 Å². The minimum absolute atomic E-state index is 0.000680. The van der Waals surface area contributed by atoms with Crippen LogP contribution in [-0.4, -0.2) is 39.6 Å². The summed E-state index contributed by atoms with van der Waals surface area (Å²) in [5.41, 5.74) is 0.323. The van der Waals surface area contributed by atoms with Crippen LogP contribution in [0.1, 0.15) is 39.5 Å². The van der Waals surface area contributed by atoms with Crippen LogP contribution >= 0.6 is 34.8 Å². The molecular formula is C19H23Cl3N2O4. The van der Waals surface area contributed by atoms with Crippen LogP contribution in [0.25, 0.3) is 0 Å². The number of ether oxygens (including phenoxy) is 1. The first-order valence-electron chi connectivity index (χ1n) is 8.65. The smallest absolute Gasteiger partial charge is 0.261 e. The van der Waals surface area contributed by atoms with Gasteiger partial charge in [-0.25, -0.2) is 4.90 Å². The van der Waals surface area contributed by atoms with Crippen LogP contribution in [-0.2, 0) is 19.1 Å². The van der Waals surface area contributed by atoms with Gasteiger partial charge in [0.1, 0.15) is 11.8 Å². The minimum Gasteiger partial charge on any atom is -0.494 e. The zero-order valence-electron chi connectivity index (χ0n) is 15.9. The molecule has 1 N–H and O–H groups in total. The maximum absolute atomic E-state index is 13.1. The summed E-state index contributed by atoms with van der Waals surface area (Å²) in [5.74, 6) is 1.04. The fourth-order valence-electron chi connectivity index (χ4n) is 2.52. The van der Waals surface area contributed by atoms with Crippen LogP contribution in [0.4, 0.5) is 0 Å². The maximum atomic E-state index is 13.1.